The maximum atomic E-state index is 4.63. The van der Waals surface area contributed by atoms with Gasteiger partial charge >= 0.3 is 0 Å². The lowest BCUT2D eigenvalue weighted by Gasteiger charge is -2.09. The van der Waals surface area contributed by atoms with E-state index >= 15 is 0 Å². The van der Waals surface area contributed by atoms with Crippen molar-refractivity contribution in [2.24, 2.45) is 0 Å². The number of hydrogen-bond acceptors (Lipinski definition) is 3. The third kappa shape index (κ3) is 2.05. The van der Waals surface area contributed by atoms with Crippen molar-refractivity contribution < 1.29 is 0 Å². The first kappa shape index (κ1) is 10.8. The summed E-state index contributed by atoms with van der Waals surface area (Å²) in [5.41, 5.74) is 3.20. The van der Waals surface area contributed by atoms with Crippen LogP contribution in [0.5, 0.6) is 0 Å². The molecule has 0 aliphatic rings. The molecule has 0 atom stereocenters. The first-order valence-corrected chi connectivity index (χ1v) is 5.91. The smallest absolute Gasteiger partial charge is 0.129 e. The Hall–Kier alpha value is -2.36. The number of para-hydroxylation sites is 1. The summed E-state index contributed by atoms with van der Waals surface area (Å²) in [7, 11) is 0. The number of pyridine rings is 1. The fraction of sp³-hybridized carbons (Fsp3) is 0.143. The summed E-state index contributed by atoms with van der Waals surface area (Å²) >= 11 is 0. The van der Waals surface area contributed by atoms with Crippen molar-refractivity contribution in [3.63, 3.8) is 0 Å². The average molecular weight is 238 g/mol. The SMILES string of the molecule is Cc1cc2ccccc2nc1NCc1ccn[nH]1. The number of fused-ring (bicyclic) bond motifs is 1. The lowest BCUT2D eigenvalue weighted by molar-refractivity contribution is 0.974. The van der Waals surface area contributed by atoms with Crippen molar-refractivity contribution in [1.29, 1.82) is 0 Å². The molecule has 18 heavy (non-hydrogen) atoms. The van der Waals surface area contributed by atoms with Crippen LogP contribution in [0.2, 0.25) is 0 Å². The highest BCUT2D eigenvalue weighted by Crippen LogP contribution is 2.19. The zero-order valence-electron chi connectivity index (χ0n) is 10.1. The second-order valence-electron chi connectivity index (χ2n) is 4.28. The van der Waals surface area contributed by atoms with Gasteiger partial charge in [-0.2, -0.15) is 5.10 Å². The molecule has 4 nitrogen and oxygen atoms in total. The molecule has 2 heterocycles. The molecule has 0 saturated carbocycles. The number of aromatic nitrogens is 3. The molecule has 90 valence electrons. The van der Waals surface area contributed by atoms with Crippen LogP contribution in [0.25, 0.3) is 10.9 Å². The van der Waals surface area contributed by atoms with E-state index in [1.807, 2.05) is 24.3 Å². The molecule has 0 aliphatic heterocycles. The summed E-state index contributed by atoms with van der Waals surface area (Å²) in [5, 5.41) is 11.3. The molecule has 0 aliphatic carbocycles. The molecule has 0 unspecified atom stereocenters. The van der Waals surface area contributed by atoms with E-state index in [0.29, 0.717) is 6.54 Å². The molecular weight excluding hydrogens is 224 g/mol. The van der Waals surface area contributed by atoms with Crippen LogP contribution in [-0.2, 0) is 6.54 Å². The molecule has 0 radical (unpaired) electrons. The third-order valence-electron chi connectivity index (χ3n) is 2.92. The van der Waals surface area contributed by atoms with Crippen molar-refractivity contribution in [3.05, 3.63) is 53.9 Å². The molecule has 0 spiro atoms. The Labute approximate surface area is 105 Å². The number of aromatic amines is 1. The number of benzene rings is 1. The Morgan fingerprint density at radius 3 is 2.94 bits per heavy atom. The molecule has 1 aromatic carbocycles. The molecule has 0 saturated heterocycles. The molecule has 2 aromatic heterocycles. The van der Waals surface area contributed by atoms with Gasteiger partial charge in [-0.05, 0) is 30.7 Å². The predicted molar refractivity (Wildman–Crippen MR) is 72.4 cm³/mol. The highest BCUT2D eigenvalue weighted by atomic mass is 15.1. The number of H-pyrrole nitrogens is 1. The monoisotopic (exact) mass is 238 g/mol. The lowest BCUT2D eigenvalue weighted by Crippen LogP contribution is -2.03. The molecule has 0 bridgehead atoms. The van der Waals surface area contributed by atoms with E-state index in [0.717, 1.165) is 22.6 Å². The fourth-order valence-electron chi connectivity index (χ4n) is 1.96. The van der Waals surface area contributed by atoms with Crippen molar-refractivity contribution in [3.8, 4) is 0 Å². The van der Waals surface area contributed by atoms with Crippen LogP contribution < -0.4 is 5.32 Å². The Bertz CT molecular complexity index is 659. The van der Waals surface area contributed by atoms with E-state index in [4.69, 9.17) is 0 Å². The van der Waals surface area contributed by atoms with E-state index in [1.165, 1.54) is 5.39 Å². The molecular formula is C14H14N4. The van der Waals surface area contributed by atoms with Crippen LogP contribution in [0.15, 0.2) is 42.6 Å². The Morgan fingerprint density at radius 2 is 2.11 bits per heavy atom. The lowest BCUT2D eigenvalue weighted by atomic mass is 10.1. The number of nitrogens with one attached hydrogen (secondary N) is 2. The first-order chi connectivity index (χ1) is 8.83. The predicted octanol–water partition coefficient (Wildman–Crippen LogP) is 2.88. The molecule has 0 amide bonds. The molecule has 2 N–H and O–H groups in total. The highest BCUT2D eigenvalue weighted by Gasteiger charge is 2.03. The maximum absolute atomic E-state index is 4.63. The second-order valence-corrected chi connectivity index (χ2v) is 4.28. The van der Waals surface area contributed by atoms with Crippen LogP contribution in [0.1, 0.15) is 11.3 Å². The summed E-state index contributed by atoms with van der Waals surface area (Å²) in [4.78, 5) is 4.63. The number of hydrogen-bond donors (Lipinski definition) is 2. The van der Waals surface area contributed by atoms with Crippen molar-refractivity contribution >= 4 is 16.7 Å². The average Bonchev–Trinajstić information content (AvgIpc) is 2.89. The Balaban J connectivity index is 1.89. The van der Waals surface area contributed by atoms with Crippen LogP contribution >= 0.6 is 0 Å². The topological polar surface area (TPSA) is 53.6 Å². The Morgan fingerprint density at radius 1 is 1.22 bits per heavy atom. The van der Waals surface area contributed by atoms with Gasteiger partial charge in [-0.15, -0.1) is 0 Å². The minimum atomic E-state index is 0.701. The van der Waals surface area contributed by atoms with E-state index in [1.54, 1.807) is 6.20 Å². The third-order valence-corrected chi connectivity index (χ3v) is 2.92. The van der Waals surface area contributed by atoms with E-state index in [9.17, 15) is 0 Å². The minimum Gasteiger partial charge on any atom is -0.364 e. The van der Waals surface area contributed by atoms with Crippen molar-refractivity contribution in [2.75, 3.05) is 5.32 Å². The van der Waals surface area contributed by atoms with Gasteiger partial charge in [-0.25, -0.2) is 4.98 Å². The number of nitrogens with zero attached hydrogens (tertiary/aromatic N) is 2. The van der Waals surface area contributed by atoms with Crippen LogP contribution in [0, 0.1) is 6.92 Å². The van der Waals surface area contributed by atoms with E-state index in [2.05, 4.69) is 39.6 Å². The zero-order chi connectivity index (χ0) is 12.4. The van der Waals surface area contributed by atoms with E-state index in [-0.39, 0.29) is 0 Å². The number of aryl methyl sites for hydroxylation is 1. The summed E-state index contributed by atoms with van der Waals surface area (Å²) in [5.74, 6) is 0.920. The summed E-state index contributed by atoms with van der Waals surface area (Å²) < 4.78 is 0. The number of anilines is 1. The summed E-state index contributed by atoms with van der Waals surface area (Å²) in [6.45, 7) is 2.76. The van der Waals surface area contributed by atoms with E-state index < -0.39 is 0 Å². The Kier molecular flexibility index (Phi) is 2.68. The van der Waals surface area contributed by atoms with Gasteiger partial charge < -0.3 is 5.32 Å². The van der Waals surface area contributed by atoms with Crippen molar-refractivity contribution in [1.82, 2.24) is 15.2 Å². The summed E-state index contributed by atoms with van der Waals surface area (Å²) in [6.07, 6.45) is 1.75. The first-order valence-electron chi connectivity index (χ1n) is 5.91. The largest absolute Gasteiger partial charge is 0.364 e. The summed E-state index contributed by atoms with van der Waals surface area (Å²) in [6, 6.07) is 12.2. The minimum absolute atomic E-state index is 0.701. The highest BCUT2D eigenvalue weighted by molar-refractivity contribution is 5.81. The number of rotatable bonds is 3. The molecule has 0 fully saturated rings. The van der Waals surface area contributed by atoms with Gasteiger partial charge in [-0.3, -0.25) is 5.10 Å². The van der Waals surface area contributed by atoms with Crippen LogP contribution in [0.4, 0.5) is 5.82 Å². The normalized spacial score (nSPS) is 10.7. The van der Waals surface area contributed by atoms with Gasteiger partial charge in [0.2, 0.25) is 0 Å². The standard InChI is InChI=1S/C14H14N4/c1-10-8-11-4-2-3-5-13(11)17-14(10)15-9-12-6-7-16-18-12/h2-8H,9H2,1H3,(H,15,17)(H,16,18). The quantitative estimate of drug-likeness (QED) is 0.737. The fourth-order valence-corrected chi connectivity index (χ4v) is 1.96. The zero-order valence-corrected chi connectivity index (χ0v) is 10.1. The maximum Gasteiger partial charge on any atom is 0.129 e. The molecule has 3 aromatic rings. The van der Waals surface area contributed by atoms with Crippen LogP contribution in [-0.4, -0.2) is 15.2 Å². The van der Waals surface area contributed by atoms with Gasteiger partial charge in [0.15, 0.2) is 0 Å². The van der Waals surface area contributed by atoms with Crippen LogP contribution in [0.3, 0.4) is 0 Å². The van der Waals surface area contributed by atoms with Gasteiger partial charge in [-0.1, -0.05) is 18.2 Å². The van der Waals surface area contributed by atoms with Gasteiger partial charge in [0.05, 0.1) is 17.8 Å². The van der Waals surface area contributed by atoms with Crippen molar-refractivity contribution in [2.45, 2.75) is 13.5 Å². The molecule has 4 heteroatoms. The molecule has 3 rings (SSSR count). The van der Waals surface area contributed by atoms with Gasteiger partial charge in [0.25, 0.3) is 0 Å². The second kappa shape index (κ2) is 4.49. The van der Waals surface area contributed by atoms with Gasteiger partial charge in [0, 0.05) is 11.6 Å². The van der Waals surface area contributed by atoms with Gasteiger partial charge in [0.1, 0.15) is 5.82 Å².